The minimum atomic E-state index is -0.0639. The first kappa shape index (κ1) is 23.8. The van der Waals surface area contributed by atoms with Gasteiger partial charge in [0.15, 0.2) is 16.4 Å². The number of ether oxygens (including phenoxy) is 2. The molecule has 2 heterocycles. The third-order valence-electron chi connectivity index (χ3n) is 5.94. The Kier molecular flexibility index (Phi) is 8.09. The Morgan fingerprint density at radius 3 is 2.76 bits per heavy atom. The van der Waals surface area contributed by atoms with Gasteiger partial charge in [-0.1, -0.05) is 29.8 Å². The second-order valence-electron chi connectivity index (χ2n) is 8.14. The van der Waals surface area contributed by atoms with Crippen LogP contribution in [-0.2, 0) is 4.74 Å². The standard InChI is InChI=1S/C25H30ClN3O3S/c1-18(23-16-19-6-3-9-22(30-2)24(19)32-23)29(11-5-10-28-12-14-31-15-13-28)25(33)27-21-8-4-7-20(26)17-21/h3-4,6-9,16-18H,5,10-15H2,1-2H3,(H,27,33). The Labute approximate surface area is 205 Å². The van der Waals surface area contributed by atoms with Gasteiger partial charge in [0.1, 0.15) is 5.76 Å². The first-order valence-corrected chi connectivity index (χ1v) is 12.0. The van der Waals surface area contributed by atoms with E-state index in [-0.39, 0.29) is 6.04 Å². The monoisotopic (exact) mass is 487 g/mol. The number of hydrogen-bond acceptors (Lipinski definition) is 5. The van der Waals surface area contributed by atoms with Crippen LogP contribution < -0.4 is 10.1 Å². The number of fused-ring (bicyclic) bond motifs is 1. The summed E-state index contributed by atoms with van der Waals surface area (Å²) in [6.45, 7) is 7.46. The molecule has 1 aliphatic heterocycles. The molecule has 2 aromatic carbocycles. The number of nitrogens with one attached hydrogen (secondary N) is 1. The normalized spacial score (nSPS) is 15.4. The molecule has 3 aromatic rings. The van der Waals surface area contributed by atoms with Crippen molar-refractivity contribution in [3.8, 4) is 5.75 Å². The van der Waals surface area contributed by atoms with Crippen LogP contribution in [0.3, 0.4) is 0 Å². The van der Waals surface area contributed by atoms with Gasteiger partial charge < -0.3 is 24.1 Å². The van der Waals surface area contributed by atoms with Crippen LogP contribution in [0.2, 0.25) is 5.02 Å². The van der Waals surface area contributed by atoms with E-state index in [9.17, 15) is 0 Å². The molecule has 1 unspecified atom stereocenters. The van der Waals surface area contributed by atoms with Crippen LogP contribution in [0.15, 0.2) is 52.9 Å². The Morgan fingerprint density at radius 2 is 2.00 bits per heavy atom. The highest BCUT2D eigenvalue weighted by Gasteiger charge is 2.23. The largest absolute Gasteiger partial charge is 0.493 e. The van der Waals surface area contributed by atoms with Gasteiger partial charge in [-0.05, 0) is 55.9 Å². The molecule has 0 spiro atoms. The van der Waals surface area contributed by atoms with Crippen molar-refractivity contribution in [1.29, 1.82) is 0 Å². The molecule has 1 atom stereocenters. The van der Waals surface area contributed by atoms with E-state index in [1.165, 1.54) is 0 Å². The van der Waals surface area contributed by atoms with Gasteiger partial charge in [0, 0.05) is 42.3 Å². The first-order valence-electron chi connectivity index (χ1n) is 11.2. The van der Waals surface area contributed by atoms with Crippen molar-refractivity contribution in [3.63, 3.8) is 0 Å². The quantitative estimate of drug-likeness (QED) is 0.416. The maximum absolute atomic E-state index is 6.25. The highest BCUT2D eigenvalue weighted by Crippen LogP contribution is 2.33. The lowest BCUT2D eigenvalue weighted by molar-refractivity contribution is 0.0365. The zero-order chi connectivity index (χ0) is 23.2. The Bertz CT molecular complexity index is 1080. The Hall–Kier alpha value is -2.32. The summed E-state index contributed by atoms with van der Waals surface area (Å²) in [7, 11) is 1.66. The number of morpholine rings is 1. The number of thiocarbonyl (C=S) groups is 1. The predicted octanol–water partition coefficient (Wildman–Crippen LogP) is 5.58. The molecule has 1 saturated heterocycles. The smallest absolute Gasteiger partial charge is 0.176 e. The molecule has 0 bridgehead atoms. The van der Waals surface area contributed by atoms with Crippen LogP contribution >= 0.6 is 23.8 Å². The third-order valence-corrected chi connectivity index (χ3v) is 6.51. The zero-order valence-electron chi connectivity index (χ0n) is 19.1. The van der Waals surface area contributed by atoms with Gasteiger partial charge in [-0.15, -0.1) is 0 Å². The van der Waals surface area contributed by atoms with E-state index in [0.717, 1.165) is 74.0 Å². The lowest BCUT2D eigenvalue weighted by Gasteiger charge is -2.32. The summed E-state index contributed by atoms with van der Waals surface area (Å²) in [6.07, 6.45) is 0.977. The summed E-state index contributed by atoms with van der Waals surface area (Å²) in [4.78, 5) is 4.62. The van der Waals surface area contributed by atoms with E-state index in [2.05, 4.69) is 28.1 Å². The molecule has 6 nitrogen and oxygen atoms in total. The minimum absolute atomic E-state index is 0.0639. The first-order chi connectivity index (χ1) is 16.0. The van der Waals surface area contributed by atoms with Gasteiger partial charge in [0.25, 0.3) is 0 Å². The second-order valence-corrected chi connectivity index (χ2v) is 8.97. The third kappa shape index (κ3) is 5.98. The van der Waals surface area contributed by atoms with Crippen molar-refractivity contribution in [1.82, 2.24) is 9.80 Å². The molecule has 8 heteroatoms. The second kappa shape index (κ2) is 11.2. The number of para-hydroxylation sites is 1. The number of nitrogens with zero attached hydrogens (tertiary/aromatic N) is 2. The number of methoxy groups -OCH3 is 1. The van der Waals surface area contributed by atoms with Crippen molar-refractivity contribution in [2.75, 3.05) is 51.8 Å². The van der Waals surface area contributed by atoms with Gasteiger partial charge >= 0.3 is 0 Å². The number of benzene rings is 2. The molecule has 0 saturated carbocycles. The molecular weight excluding hydrogens is 458 g/mol. The maximum Gasteiger partial charge on any atom is 0.176 e. The fraction of sp³-hybridized carbons (Fsp3) is 0.400. The van der Waals surface area contributed by atoms with Crippen molar-refractivity contribution < 1.29 is 13.9 Å². The van der Waals surface area contributed by atoms with Crippen LogP contribution in [0.25, 0.3) is 11.0 Å². The van der Waals surface area contributed by atoms with E-state index < -0.39 is 0 Å². The van der Waals surface area contributed by atoms with E-state index >= 15 is 0 Å². The summed E-state index contributed by atoms with van der Waals surface area (Å²) in [5.41, 5.74) is 1.62. The lowest BCUT2D eigenvalue weighted by atomic mass is 10.2. The number of rotatable bonds is 8. The lowest BCUT2D eigenvalue weighted by Crippen LogP contribution is -2.41. The van der Waals surface area contributed by atoms with Gasteiger partial charge in [0.05, 0.1) is 26.4 Å². The van der Waals surface area contributed by atoms with Crippen LogP contribution in [0, 0.1) is 0 Å². The number of anilines is 1. The summed E-state index contributed by atoms with van der Waals surface area (Å²) in [6, 6.07) is 15.5. The van der Waals surface area contributed by atoms with Crippen LogP contribution in [0.1, 0.15) is 25.1 Å². The van der Waals surface area contributed by atoms with Crippen molar-refractivity contribution in [2.45, 2.75) is 19.4 Å². The van der Waals surface area contributed by atoms with Crippen LogP contribution in [0.5, 0.6) is 5.75 Å². The molecular formula is C25H30ClN3O3S. The van der Waals surface area contributed by atoms with Gasteiger partial charge in [-0.25, -0.2) is 0 Å². The van der Waals surface area contributed by atoms with Gasteiger partial charge in [-0.2, -0.15) is 0 Å². The molecule has 1 N–H and O–H groups in total. The number of hydrogen-bond donors (Lipinski definition) is 1. The highest BCUT2D eigenvalue weighted by molar-refractivity contribution is 7.80. The molecule has 1 aromatic heterocycles. The molecule has 0 radical (unpaired) electrons. The summed E-state index contributed by atoms with van der Waals surface area (Å²) in [5, 5.41) is 5.67. The molecule has 176 valence electrons. The number of halogens is 1. The van der Waals surface area contributed by atoms with Crippen LogP contribution in [0.4, 0.5) is 5.69 Å². The van der Waals surface area contributed by atoms with E-state index in [0.29, 0.717) is 10.1 Å². The molecule has 1 aliphatic rings. The molecule has 0 aliphatic carbocycles. The summed E-state index contributed by atoms with van der Waals surface area (Å²) >= 11 is 12.0. The minimum Gasteiger partial charge on any atom is -0.493 e. The topological polar surface area (TPSA) is 50.1 Å². The average Bonchev–Trinajstić information content (AvgIpc) is 3.27. The van der Waals surface area contributed by atoms with Gasteiger partial charge in [0.2, 0.25) is 0 Å². The average molecular weight is 488 g/mol. The van der Waals surface area contributed by atoms with Crippen molar-refractivity contribution in [3.05, 3.63) is 59.3 Å². The van der Waals surface area contributed by atoms with Crippen LogP contribution in [-0.4, -0.2) is 61.4 Å². The zero-order valence-corrected chi connectivity index (χ0v) is 20.6. The van der Waals surface area contributed by atoms with Crippen molar-refractivity contribution >= 4 is 45.6 Å². The molecule has 4 rings (SSSR count). The maximum atomic E-state index is 6.25. The van der Waals surface area contributed by atoms with E-state index in [1.807, 2.05) is 42.5 Å². The van der Waals surface area contributed by atoms with Gasteiger partial charge in [-0.3, -0.25) is 4.90 Å². The Balaban J connectivity index is 1.53. The van der Waals surface area contributed by atoms with E-state index in [1.54, 1.807) is 7.11 Å². The molecule has 0 amide bonds. The fourth-order valence-corrected chi connectivity index (χ4v) is 4.66. The highest BCUT2D eigenvalue weighted by atomic mass is 35.5. The Morgan fingerprint density at radius 1 is 1.21 bits per heavy atom. The summed E-state index contributed by atoms with van der Waals surface area (Å²) in [5.74, 6) is 1.57. The van der Waals surface area contributed by atoms with E-state index in [4.69, 9.17) is 37.7 Å². The SMILES string of the molecule is COc1cccc2cc(C(C)N(CCCN3CCOCC3)C(=S)Nc3cccc(Cl)c3)oc12. The molecule has 1 fully saturated rings. The summed E-state index contributed by atoms with van der Waals surface area (Å²) < 4.78 is 17.2. The predicted molar refractivity (Wildman–Crippen MR) is 137 cm³/mol. The molecule has 33 heavy (non-hydrogen) atoms. The number of furan rings is 1. The fourth-order valence-electron chi connectivity index (χ4n) is 4.10. The van der Waals surface area contributed by atoms with Crippen molar-refractivity contribution in [2.24, 2.45) is 0 Å².